The number of hydrogen-bond donors (Lipinski definition) is 14. The molecule has 3 aromatic heterocycles. The number of rotatable bonds is 27. The van der Waals surface area contributed by atoms with Crippen LogP contribution in [0.5, 0.6) is 0 Å². The summed E-state index contributed by atoms with van der Waals surface area (Å²) >= 11 is 38.8. The smallest absolute Gasteiger partial charge is 0.394 e. The number of aliphatic hydroxyl groups excluding tert-OH is 4. The van der Waals surface area contributed by atoms with Gasteiger partial charge in [0.05, 0.1) is 48.5 Å². The number of aromatic amines is 1. The predicted octanol–water partition coefficient (Wildman–Crippen LogP) is 2.36. The second-order valence-corrected chi connectivity index (χ2v) is 35.1. The molecule has 47 nitrogen and oxygen atoms in total. The molecule has 5 saturated heterocycles. The number of nitrogens with two attached hydrogens (primary N) is 2. The Hall–Kier alpha value is -5.31. The van der Waals surface area contributed by atoms with Crippen molar-refractivity contribution in [3.05, 3.63) is 49.2 Å². The van der Waals surface area contributed by atoms with Crippen molar-refractivity contribution in [3.8, 4) is 0 Å². The van der Waals surface area contributed by atoms with Gasteiger partial charge in [-0.05, 0) is 69.7 Å². The van der Waals surface area contributed by atoms with E-state index in [-0.39, 0.29) is 59.8 Å². The summed E-state index contributed by atoms with van der Waals surface area (Å²) in [5.41, 5.74) is 9.71. The van der Waals surface area contributed by atoms with Crippen LogP contribution in [0.2, 0.25) is 0 Å². The minimum absolute atomic E-state index is 0.0600. The van der Waals surface area contributed by atoms with Gasteiger partial charge in [-0.15, -0.1) is 94.5 Å². The Kier molecular flexibility index (Phi) is 51.0. The molecule has 7 aliphatic rings. The standard InChI is InChI=1S/C10H18ClN3O2.C9H16ClN3O2.C8H15N3O7.C7H15Cl2N2O2P.C6H6N6O2.C6H10N6O.C6H12N3PS.C5H11Cl2N.H3O4P/c1-8-2-4-9(5-3-8)12-10(15)14(13-16)7-6-11;10-6-7-13(12-15)9(14)11-8-4-2-1-3-5-8;1-11(10-17)8(16)9-4-6(14)5(13)3(2-12)18-7(4)15;8-2-5-11(6-3-9)14(12)10-4-1-7-13-14;1-11-6(14)12-2-8-3(4(7)13)5(12)9-10-11;1-12(2)11-10-6-4(5(7)13)8-3-9-6;11-10(7-1-2-7,8-3-4-8)9-5-6-9;1-8(4-2-6)5-3-7;1-5(2,3)4/h8-9H,2-7H2,1H3,(H,12,15);8H,1-7H2,(H,11,14);3-7,12-15H,2H2,1H3,(H,9,16);1-7H2,(H,10,12);2H,1H3,(H2,7,13);3H,1-2H3,(H2,7,13)(H,8,9);1-6H2;2-5H2,1H3;(H3,1,2,3,4)/b;;;;;11-10+;;;/t;;3-,4-,5-,6-,7+;;;;;;/m..1....../s1. The summed E-state index contributed by atoms with van der Waals surface area (Å²) in [7, 11) is 0.458. The average Bonchev–Trinajstić information content (AvgIpc) is 1.57. The molecule has 8 amide bonds. The lowest BCUT2D eigenvalue weighted by Gasteiger charge is -2.40. The topological polar surface area (TPSA) is 615 Å². The van der Waals surface area contributed by atoms with Gasteiger partial charge in [0.25, 0.3) is 11.8 Å². The van der Waals surface area contributed by atoms with Crippen LogP contribution in [0.25, 0.3) is 5.65 Å². The summed E-state index contributed by atoms with van der Waals surface area (Å²) < 4.78 is 42.5. The molecule has 2 aliphatic carbocycles. The molecule has 1 unspecified atom stereocenters. The number of nitroso groups, excluding NO2 is 3. The minimum atomic E-state index is -4.64. The fourth-order valence-corrected chi connectivity index (χ4v) is 18.0. The number of alkyl halides is 6. The van der Waals surface area contributed by atoms with Crippen molar-refractivity contribution in [2.45, 2.75) is 114 Å². The Morgan fingerprint density at radius 1 is 0.693 bits per heavy atom. The molecule has 10 rings (SSSR count). The van der Waals surface area contributed by atoms with E-state index < -0.39 is 94.8 Å². The molecule has 114 heavy (non-hydrogen) atoms. The van der Waals surface area contributed by atoms with E-state index in [1.54, 1.807) is 18.8 Å². The van der Waals surface area contributed by atoms with Crippen LogP contribution in [0, 0.1) is 20.6 Å². The first-order valence-corrected chi connectivity index (χ1v) is 44.4. The number of imidazole rings is 2. The van der Waals surface area contributed by atoms with Crippen LogP contribution >= 0.6 is 91.6 Å². The number of aromatic nitrogens is 7. The molecule has 16 N–H and O–H groups in total. The highest BCUT2D eigenvalue weighted by Gasteiger charge is 2.51. The van der Waals surface area contributed by atoms with Crippen LogP contribution in [0.4, 0.5) is 20.2 Å². The van der Waals surface area contributed by atoms with E-state index in [1.807, 2.05) is 7.05 Å². The lowest BCUT2D eigenvalue weighted by Crippen LogP contribution is -2.64. The van der Waals surface area contributed by atoms with Crippen LogP contribution in [-0.2, 0) is 37.2 Å². The molecule has 57 heteroatoms. The zero-order valence-electron chi connectivity index (χ0n) is 63.7. The molecular weight excluding hydrogens is 1720 g/mol. The third kappa shape index (κ3) is 39.1. The van der Waals surface area contributed by atoms with E-state index in [1.165, 1.54) is 70.4 Å². The Balaban J connectivity index is 0.000000441. The molecule has 5 aliphatic heterocycles. The number of urea groups is 3. The fourth-order valence-electron chi connectivity index (χ4n) is 10.1. The number of amides is 8. The molecular formula is C57H106Cl6N27O20P3S. The number of aliphatic hydroxyl groups is 4. The van der Waals surface area contributed by atoms with Gasteiger partial charge >= 0.3 is 39.3 Å². The van der Waals surface area contributed by atoms with E-state index in [0.717, 1.165) is 109 Å². The predicted molar refractivity (Wildman–Crippen MR) is 429 cm³/mol. The summed E-state index contributed by atoms with van der Waals surface area (Å²) in [5.74, 6) is 2.27. The Morgan fingerprint density at radius 3 is 1.59 bits per heavy atom. The monoisotopic (exact) mass is 1820 g/mol. The number of hydrogen-bond acceptors (Lipinski definition) is 28. The molecule has 0 radical (unpaired) electrons. The molecule has 2 saturated carbocycles. The maximum absolute atomic E-state index is 12.2. The van der Waals surface area contributed by atoms with Gasteiger partial charge < -0.3 is 81.7 Å². The van der Waals surface area contributed by atoms with E-state index in [9.17, 15) is 63.4 Å². The van der Waals surface area contributed by atoms with Crippen molar-refractivity contribution in [1.82, 2.24) is 99.0 Å². The summed E-state index contributed by atoms with van der Waals surface area (Å²) in [4.78, 5) is 132. The van der Waals surface area contributed by atoms with Crippen molar-refractivity contribution in [2.24, 2.45) is 50.6 Å². The summed E-state index contributed by atoms with van der Waals surface area (Å²) in [5, 5.41) is 73.8. The van der Waals surface area contributed by atoms with Crippen molar-refractivity contribution in [3.63, 3.8) is 0 Å². The second-order valence-electron chi connectivity index (χ2n) is 25.5. The highest BCUT2D eigenvalue weighted by molar-refractivity contribution is 8.11. The molecule has 3 aromatic rings. The molecule has 8 heterocycles. The number of phosphoric acid groups is 1. The number of primary amides is 2. The first-order chi connectivity index (χ1) is 53.9. The highest BCUT2D eigenvalue weighted by Crippen LogP contribution is 2.65. The van der Waals surface area contributed by atoms with Gasteiger partial charge in [-0.25, -0.2) is 61.9 Å². The van der Waals surface area contributed by atoms with Crippen LogP contribution in [-0.4, -0.2) is 347 Å². The number of H-pyrrole nitrogens is 1. The van der Waals surface area contributed by atoms with Gasteiger partial charge in [-0.1, -0.05) is 36.6 Å². The van der Waals surface area contributed by atoms with E-state index in [0.29, 0.717) is 48.2 Å². The van der Waals surface area contributed by atoms with Crippen molar-refractivity contribution < 1.29 is 77.5 Å². The van der Waals surface area contributed by atoms with Crippen LogP contribution < -0.4 is 38.2 Å². The largest absolute Gasteiger partial charge is 0.466 e. The summed E-state index contributed by atoms with van der Waals surface area (Å²) in [6, 6.07) is -2.84. The maximum atomic E-state index is 12.2. The number of halogens is 6. The van der Waals surface area contributed by atoms with Crippen molar-refractivity contribution >= 4 is 145 Å². The third-order valence-electron chi connectivity index (χ3n) is 16.3. The number of carbonyl (C=O) groups is 5. The molecule has 652 valence electrons. The van der Waals surface area contributed by atoms with Crippen molar-refractivity contribution in [1.29, 1.82) is 0 Å². The average molecular weight is 1830 g/mol. The lowest BCUT2D eigenvalue weighted by molar-refractivity contribution is -0.252. The number of nitrogens with one attached hydrogen (secondary N) is 5. The molecule has 6 atom stereocenters. The Labute approximate surface area is 692 Å². The normalized spacial score (nSPS) is 21.8. The molecule has 7 fully saturated rings. The van der Waals surface area contributed by atoms with Gasteiger partial charge in [-0.2, -0.15) is 19.7 Å². The lowest BCUT2D eigenvalue weighted by atomic mass is 9.87. The Morgan fingerprint density at radius 2 is 1.18 bits per heavy atom. The molecule has 0 aromatic carbocycles. The van der Waals surface area contributed by atoms with Gasteiger partial charge in [0.2, 0.25) is 0 Å². The number of ether oxygens (including phenoxy) is 1. The zero-order valence-corrected chi connectivity index (χ0v) is 71.8. The van der Waals surface area contributed by atoms with Crippen molar-refractivity contribution in [2.75, 3.05) is 162 Å². The van der Waals surface area contributed by atoms with E-state index >= 15 is 0 Å². The number of carbonyl (C=O) groups excluding carboxylic acids is 5. The van der Waals surface area contributed by atoms with Crippen LogP contribution in [0.3, 0.4) is 0 Å². The summed E-state index contributed by atoms with van der Waals surface area (Å²) in [6.07, 6.45) is 7.22. The van der Waals surface area contributed by atoms with Crippen LogP contribution in [0.15, 0.2) is 43.6 Å². The van der Waals surface area contributed by atoms with Crippen LogP contribution in [0.1, 0.15) is 92.1 Å². The van der Waals surface area contributed by atoms with Gasteiger partial charge in [0.1, 0.15) is 37.2 Å². The number of fused-ring (bicyclic) bond motifs is 1. The first-order valence-electron chi connectivity index (χ1n) is 35.4. The van der Waals surface area contributed by atoms with Gasteiger partial charge in [-0.3, -0.25) is 19.2 Å². The second kappa shape index (κ2) is 55.4. The summed E-state index contributed by atoms with van der Waals surface area (Å²) in [6.45, 7) is 12.3. The quantitative estimate of drug-likeness (QED) is 0.0130. The van der Waals surface area contributed by atoms with E-state index in [2.05, 4.69) is 98.3 Å². The zero-order chi connectivity index (χ0) is 85.9. The first kappa shape index (κ1) is 105. The number of aryl methyl sites for hydroxylation is 1. The number of nitrogens with zero attached hydrogens (tertiary/aromatic N) is 20. The van der Waals surface area contributed by atoms with Gasteiger partial charge in [0.15, 0.2) is 29.1 Å². The van der Waals surface area contributed by atoms with Gasteiger partial charge in [0, 0.05) is 148 Å². The maximum Gasteiger partial charge on any atom is 0.466 e. The minimum Gasteiger partial charge on any atom is -0.394 e. The SMILES string of the molecule is CC1CCC(NC(=O)N(CCCl)N=O)CC1.CN(C)/N=N/c1[nH]cnc1C(N)=O.CN(CCCl)CCCl.CN(N=O)C(=O)N[C@@H]1[C@@H](O)[C@H](O)[C@@H](CO)O[C@@H]1O.Cn1nnc2c(C(N)=O)ncn2c1=O.O=NN(CCCl)C(=O)NC1CCCCC1.O=P(O)(O)O.O=P1(N(CCCl)CCCl)NCCCO1.S=P(N1CC1)(N1CC1)N1CC1. The van der Waals surface area contributed by atoms with E-state index in [4.69, 9.17) is 126 Å². The molecule has 0 spiro atoms. The third-order valence-corrected chi connectivity index (χ3v) is 25.1. The molecule has 0 bridgehead atoms. The highest BCUT2D eigenvalue weighted by atomic mass is 35.5. The fraction of sp³-hybridized carbons (Fsp3) is 0.789. The Bertz CT molecular complexity index is 3560.